The molecule has 0 N–H and O–H groups in total. The maximum atomic E-state index is 14.0. The number of aryl methyl sites for hydroxylation is 1. The molecule has 1 heterocycles. The minimum Gasteiger partial charge on any atom is -0.287 e. The number of aromatic nitrogens is 1. The van der Waals surface area contributed by atoms with E-state index in [2.05, 4.69) is 4.98 Å². The van der Waals surface area contributed by atoms with E-state index in [1.165, 1.54) is 12.3 Å². The predicted octanol–water partition coefficient (Wildman–Crippen LogP) is 3.64. The van der Waals surface area contributed by atoms with Crippen LogP contribution in [0.15, 0.2) is 36.5 Å². The Labute approximate surface area is 112 Å². The number of pyridine rings is 1. The zero-order chi connectivity index (χ0) is 14.9. The Morgan fingerprint density at radius 1 is 1.15 bits per heavy atom. The van der Waals surface area contributed by atoms with Gasteiger partial charge in [0, 0.05) is 12.3 Å². The van der Waals surface area contributed by atoms with Crippen molar-refractivity contribution in [2.24, 2.45) is 0 Å². The fraction of sp³-hybridized carbons (Fsp3) is 0.143. The van der Waals surface area contributed by atoms with Gasteiger partial charge in [0.05, 0.1) is 5.56 Å². The van der Waals surface area contributed by atoms with Crippen molar-refractivity contribution in [2.75, 3.05) is 0 Å². The number of Topliss-reactive ketones (excluding diaryl/α,β-unsaturated/α-hetero) is 1. The van der Waals surface area contributed by atoms with Crippen LogP contribution < -0.4 is 0 Å². The molecule has 0 unspecified atom stereocenters. The average Bonchev–Trinajstić information content (AvgIpc) is 2.38. The lowest BCUT2D eigenvalue weighted by Crippen LogP contribution is -2.28. The highest BCUT2D eigenvalue weighted by atomic mass is 19.3. The molecule has 20 heavy (non-hydrogen) atoms. The summed E-state index contributed by atoms with van der Waals surface area (Å²) in [6, 6.07) is 4.18. The molecule has 1 aromatic heterocycles. The standard InChI is InChI=1S/C14H9F4NO/c1-8-2-5-12(19-7-8)14(17,18)13(20)10-4-3-9(15)6-11(10)16/h2-7H,1H3. The maximum Gasteiger partial charge on any atom is 0.351 e. The lowest BCUT2D eigenvalue weighted by Gasteiger charge is -2.15. The second-order valence-electron chi connectivity index (χ2n) is 4.25. The van der Waals surface area contributed by atoms with Crippen LogP contribution in [0.4, 0.5) is 17.6 Å². The van der Waals surface area contributed by atoms with Crippen LogP contribution in [0.5, 0.6) is 0 Å². The molecule has 0 amide bonds. The van der Waals surface area contributed by atoms with Crippen LogP contribution in [0, 0.1) is 18.6 Å². The number of nitrogens with zero attached hydrogens (tertiary/aromatic N) is 1. The minimum atomic E-state index is -3.98. The number of carbonyl (C=O) groups excluding carboxylic acids is 1. The van der Waals surface area contributed by atoms with E-state index in [0.29, 0.717) is 17.7 Å². The Balaban J connectivity index is 2.42. The monoisotopic (exact) mass is 283 g/mol. The van der Waals surface area contributed by atoms with E-state index in [9.17, 15) is 22.4 Å². The van der Waals surface area contributed by atoms with E-state index in [0.717, 1.165) is 12.1 Å². The van der Waals surface area contributed by atoms with Crippen LogP contribution in [-0.2, 0) is 5.92 Å². The van der Waals surface area contributed by atoms with Crippen LogP contribution >= 0.6 is 0 Å². The van der Waals surface area contributed by atoms with Crippen molar-refractivity contribution in [3.8, 4) is 0 Å². The van der Waals surface area contributed by atoms with E-state index in [-0.39, 0.29) is 0 Å². The summed E-state index contributed by atoms with van der Waals surface area (Å²) < 4.78 is 54.1. The minimum absolute atomic E-state index is 0.381. The molecule has 6 heteroatoms. The zero-order valence-corrected chi connectivity index (χ0v) is 10.3. The number of carbonyl (C=O) groups is 1. The predicted molar refractivity (Wildman–Crippen MR) is 63.6 cm³/mol. The molecule has 2 nitrogen and oxygen atoms in total. The third kappa shape index (κ3) is 2.54. The average molecular weight is 283 g/mol. The van der Waals surface area contributed by atoms with E-state index in [1.807, 2.05) is 0 Å². The number of hydrogen-bond acceptors (Lipinski definition) is 2. The van der Waals surface area contributed by atoms with Gasteiger partial charge in [-0.05, 0) is 30.7 Å². The van der Waals surface area contributed by atoms with Crippen LogP contribution in [0.3, 0.4) is 0 Å². The van der Waals surface area contributed by atoms with Gasteiger partial charge in [0.15, 0.2) is 0 Å². The van der Waals surface area contributed by atoms with E-state index in [1.54, 1.807) is 6.92 Å². The van der Waals surface area contributed by atoms with Crippen molar-refractivity contribution in [2.45, 2.75) is 12.8 Å². The lowest BCUT2D eigenvalue weighted by molar-refractivity contribution is 0.00425. The highest BCUT2D eigenvalue weighted by Crippen LogP contribution is 2.31. The molecule has 0 saturated carbocycles. The van der Waals surface area contributed by atoms with Gasteiger partial charge in [0.25, 0.3) is 0 Å². The van der Waals surface area contributed by atoms with Gasteiger partial charge in [-0.2, -0.15) is 8.78 Å². The largest absolute Gasteiger partial charge is 0.351 e. The fourth-order valence-electron chi connectivity index (χ4n) is 1.61. The summed E-state index contributed by atoms with van der Waals surface area (Å²) in [7, 11) is 0. The first-order valence-corrected chi connectivity index (χ1v) is 5.63. The quantitative estimate of drug-likeness (QED) is 0.636. The third-order valence-corrected chi connectivity index (χ3v) is 2.69. The van der Waals surface area contributed by atoms with Crippen molar-refractivity contribution >= 4 is 5.78 Å². The van der Waals surface area contributed by atoms with Crippen molar-refractivity contribution < 1.29 is 22.4 Å². The molecule has 0 bridgehead atoms. The summed E-state index contributed by atoms with van der Waals surface area (Å²) >= 11 is 0. The molecule has 2 rings (SSSR count). The van der Waals surface area contributed by atoms with Gasteiger partial charge in [0.1, 0.15) is 17.3 Å². The second-order valence-corrected chi connectivity index (χ2v) is 4.25. The molecular weight excluding hydrogens is 274 g/mol. The third-order valence-electron chi connectivity index (χ3n) is 2.69. The van der Waals surface area contributed by atoms with E-state index >= 15 is 0 Å². The first-order chi connectivity index (χ1) is 9.32. The fourth-order valence-corrected chi connectivity index (χ4v) is 1.61. The van der Waals surface area contributed by atoms with Crippen LogP contribution in [0.25, 0.3) is 0 Å². The molecule has 0 radical (unpaired) electrons. The van der Waals surface area contributed by atoms with Crippen LogP contribution in [0.1, 0.15) is 21.6 Å². The molecule has 0 aliphatic heterocycles. The molecule has 2 aromatic rings. The maximum absolute atomic E-state index is 14.0. The van der Waals surface area contributed by atoms with Gasteiger partial charge in [0.2, 0.25) is 5.78 Å². The van der Waals surface area contributed by atoms with Crippen molar-refractivity contribution in [1.82, 2.24) is 4.98 Å². The molecule has 0 atom stereocenters. The zero-order valence-electron chi connectivity index (χ0n) is 10.3. The van der Waals surface area contributed by atoms with Crippen LogP contribution in [-0.4, -0.2) is 10.8 Å². The van der Waals surface area contributed by atoms with E-state index in [4.69, 9.17) is 0 Å². The van der Waals surface area contributed by atoms with Crippen molar-refractivity contribution in [3.63, 3.8) is 0 Å². The summed E-state index contributed by atoms with van der Waals surface area (Å²) in [6.45, 7) is 1.65. The number of hydrogen-bond donors (Lipinski definition) is 0. The topological polar surface area (TPSA) is 30.0 Å². The lowest BCUT2D eigenvalue weighted by atomic mass is 10.0. The second kappa shape index (κ2) is 5.03. The Morgan fingerprint density at radius 3 is 2.40 bits per heavy atom. The molecule has 104 valence electrons. The molecule has 0 saturated heterocycles. The van der Waals surface area contributed by atoms with Gasteiger partial charge in [-0.3, -0.25) is 9.78 Å². The Morgan fingerprint density at radius 2 is 1.85 bits per heavy atom. The highest BCUT2D eigenvalue weighted by molar-refractivity contribution is 6.01. The van der Waals surface area contributed by atoms with E-state index < -0.39 is 34.6 Å². The van der Waals surface area contributed by atoms with Crippen molar-refractivity contribution in [1.29, 1.82) is 0 Å². The first-order valence-electron chi connectivity index (χ1n) is 5.63. The number of benzene rings is 1. The Hall–Kier alpha value is -2.24. The first kappa shape index (κ1) is 14.2. The van der Waals surface area contributed by atoms with Crippen molar-refractivity contribution in [3.05, 3.63) is 65.0 Å². The molecule has 0 fully saturated rings. The number of rotatable bonds is 3. The molecule has 0 aliphatic carbocycles. The smallest absolute Gasteiger partial charge is 0.287 e. The van der Waals surface area contributed by atoms with Gasteiger partial charge >= 0.3 is 5.92 Å². The summed E-state index contributed by atoms with van der Waals surface area (Å²) in [6.07, 6.45) is 1.18. The summed E-state index contributed by atoms with van der Waals surface area (Å²) in [5, 5.41) is 0. The van der Waals surface area contributed by atoms with Gasteiger partial charge in [-0.15, -0.1) is 0 Å². The SMILES string of the molecule is Cc1ccc(C(F)(F)C(=O)c2ccc(F)cc2F)nc1. The van der Waals surface area contributed by atoms with Gasteiger partial charge in [-0.1, -0.05) is 6.07 Å². The summed E-state index contributed by atoms with van der Waals surface area (Å²) in [5.74, 6) is -8.02. The number of alkyl halides is 2. The summed E-state index contributed by atoms with van der Waals surface area (Å²) in [5.41, 5.74) is -1.01. The number of ketones is 1. The highest BCUT2D eigenvalue weighted by Gasteiger charge is 2.43. The summed E-state index contributed by atoms with van der Waals surface area (Å²) in [4.78, 5) is 15.2. The molecular formula is C14H9F4NO. The Bertz CT molecular complexity index is 653. The molecule has 1 aromatic carbocycles. The van der Waals surface area contributed by atoms with Crippen LogP contribution in [0.2, 0.25) is 0 Å². The molecule has 0 spiro atoms. The van der Waals surface area contributed by atoms with Gasteiger partial charge < -0.3 is 0 Å². The Kier molecular flexibility index (Phi) is 3.57. The normalized spacial score (nSPS) is 11.4. The molecule has 0 aliphatic rings. The van der Waals surface area contributed by atoms with Gasteiger partial charge in [-0.25, -0.2) is 8.78 Å². The number of halogens is 4.